The Labute approximate surface area is 131 Å². The number of hydrogen-bond donors (Lipinski definition) is 0. The van der Waals surface area contributed by atoms with E-state index in [4.69, 9.17) is 4.18 Å². The highest BCUT2D eigenvalue weighted by Gasteiger charge is 2.23. The second-order valence-electron chi connectivity index (χ2n) is 4.51. The first kappa shape index (κ1) is 17.9. The van der Waals surface area contributed by atoms with Gasteiger partial charge in [0.15, 0.2) is 0 Å². The first-order chi connectivity index (χ1) is 10.4. The van der Waals surface area contributed by atoms with Crippen molar-refractivity contribution in [1.82, 2.24) is 0 Å². The van der Waals surface area contributed by atoms with Gasteiger partial charge in [-0.05, 0) is 31.4 Å². The zero-order valence-corrected chi connectivity index (χ0v) is 13.6. The average Bonchev–Trinajstić information content (AvgIpc) is 2.50. The summed E-state index contributed by atoms with van der Waals surface area (Å²) >= 11 is 0. The molecule has 4 nitrogen and oxygen atoms in total. The molecule has 118 valence electrons. The van der Waals surface area contributed by atoms with Crippen LogP contribution in [0.5, 0.6) is 0 Å². The number of carbonyl (C=O) groups is 1. The zero-order chi connectivity index (χ0) is 16.6. The van der Waals surface area contributed by atoms with Crippen LogP contribution in [0.2, 0.25) is 0 Å². The molecular formula is C17H20O4S. The number of rotatable bonds is 7. The van der Waals surface area contributed by atoms with Gasteiger partial charge in [-0.3, -0.25) is 0 Å². The zero-order valence-electron chi connectivity index (χ0n) is 12.8. The van der Waals surface area contributed by atoms with E-state index in [9.17, 15) is 13.2 Å². The standard InChI is InChI=1S/C17H20O4S/c1-4-10-15(5-2)17(18)21-22(19,20)16(6-3)13-14-11-8-7-9-12-14/h4-5,7-9,11-13H,1,6,10H2,2-3H3. The van der Waals surface area contributed by atoms with Crippen molar-refractivity contribution in [3.8, 4) is 0 Å². The summed E-state index contributed by atoms with van der Waals surface area (Å²) in [5, 5.41) is 0. The SMILES string of the molecule is C=CCC(=CC)C(=O)OS(=O)(=O)C(=Cc1ccccc1)CC. The molecule has 0 heterocycles. The molecule has 0 saturated heterocycles. The van der Waals surface area contributed by atoms with E-state index in [1.54, 1.807) is 38.1 Å². The molecule has 0 aliphatic carbocycles. The molecule has 0 aliphatic rings. The van der Waals surface area contributed by atoms with Gasteiger partial charge in [-0.1, -0.05) is 49.4 Å². The Morgan fingerprint density at radius 3 is 2.41 bits per heavy atom. The van der Waals surface area contributed by atoms with Crippen molar-refractivity contribution in [3.63, 3.8) is 0 Å². The highest BCUT2D eigenvalue weighted by Crippen LogP contribution is 2.19. The number of carbonyl (C=O) groups excluding carboxylic acids is 1. The minimum Gasteiger partial charge on any atom is -0.338 e. The molecule has 0 bridgehead atoms. The molecule has 0 atom stereocenters. The molecule has 5 heteroatoms. The van der Waals surface area contributed by atoms with E-state index in [1.165, 1.54) is 18.2 Å². The summed E-state index contributed by atoms with van der Waals surface area (Å²) in [5.41, 5.74) is 0.991. The first-order valence-corrected chi connectivity index (χ1v) is 8.36. The Bertz CT molecular complexity index is 683. The van der Waals surface area contributed by atoms with Gasteiger partial charge in [0.1, 0.15) is 0 Å². The summed E-state index contributed by atoms with van der Waals surface area (Å²) in [6.07, 6.45) is 5.03. The van der Waals surface area contributed by atoms with Crippen LogP contribution in [0.15, 0.2) is 59.5 Å². The molecule has 1 rings (SSSR count). The van der Waals surface area contributed by atoms with Gasteiger partial charge in [-0.2, -0.15) is 8.42 Å². The second kappa shape index (κ2) is 8.34. The molecule has 0 unspecified atom stereocenters. The fourth-order valence-electron chi connectivity index (χ4n) is 1.77. The van der Waals surface area contributed by atoms with Gasteiger partial charge < -0.3 is 4.18 Å². The summed E-state index contributed by atoms with van der Waals surface area (Å²) in [6.45, 7) is 6.87. The monoisotopic (exact) mass is 320 g/mol. The van der Waals surface area contributed by atoms with Gasteiger partial charge in [0.2, 0.25) is 0 Å². The van der Waals surface area contributed by atoms with Crippen LogP contribution in [-0.4, -0.2) is 14.4 Å². The number of hydrogen-bond acceptors (Lipinski definition) is 4. The summed E-state index contributed by atoms with van der Waals surface area (Å²) in [6, 6.07) is 9.01. The number of allylic oxidation sites excluding steroid dienone is 3. The van der Waals surface area contributed by atoms with Crippen LogP contribution >= 0.6 is 0 Å². The Kier molecular flexibility index (Phi) is 6.79. The van der Waals surface area contributed by atoms with E-state index in [-0.39, 0.29) is 23.3 Å². The van der Waals surface area contributed by atoms with Gasteiger partial charge in [0, 0.05) is 5.57 Å². The first-order valence-electron chi connectivity index (χ1n) is 6.95. The van der Waals surface area contributed by atoms with Crippen molar-refractivity contribution >= 4 is 22.2 Å². The van der Waals surface area contributed by atoms with Crippen LogP contribution in [0.25, 0.3) is 6.08 Å². The fourth-order valence-corrected chi connectivity index (χ4v) is 2.81. The van der Waals surface area contributed by atoms with Crippen LogP contribution in [-0.2, 0) is 19.1 Å². The maximum atomic E-state index is 12.2. The van der Waals surface area contributed by atoms with Crippen molar-refractivity contribution in [2.75, 3.05) is 0 Å². The fraction of sp³-hybridized carbons (Fsp3) is 0.235. The normalized spacial score (nSPS) is 12.8. The Morgan fingerprint density at radius 2 is 1.91 bits per heavy atom. The molecule has 22 heavy (non-hydrogen) atoms. The quantitative estimate of drug-likeness (QED) is 0.435. The molecule has 0 aromatic heterocycles. The molecule has 0 radical (unpaired) electrons. The van der Waals surface area contributed by atoms with Crippen LogP contribution in [0.3, 0.4) is 0 Å². The van der Waals surface area contributed by atoms with E-state index in [2.05, 4.69) is 6.58 Å². The minimum atomic E-state index is -4.11. The highest BCUT2D eigenvalue weighted by atomic mass is 32.2. The smallest absolute Gasteiger partial charge is 0.338 e. The van der Waals surface area contributed by atoms with Crippen molar-refractivity contribution in [2.24, 2.45) is 0 Å². The maximum absolute atomic E-state index is 12.2. The lowest BCUT2D eigenvalue weighted by Gasteiger charge is -2.09. The van der Waals surface area contributed by atoms with Crippen LogP contribution in [0.4, 0.5) is 0 Å². The van der Waals surface area contributed by atoms with Crippen molar-refractivity contribution in [1.29, 1.82) is 0 Å². The van der Waals surface area contributed by atoms with Gasteiger partial charge in [0.25, 0.3) is 0 Å². The third-order valence-corrected chi connectivity index (χ3v) is 4.38. The Hall–Kier alpha value is -2.14. The predicted octanol–water partition coefficient (Wildman–Crippen LogP) is 3.83. The van der Waals surface area contributed by atoms with Gasteiger partial charge in [-0.15, -0.1) is 6.58 Å². The van der Waals surface area contributed by atoms with Crippen LogP contribution in [0.1, 0.15) is 32.3 Å². The van der Waals surface area contributed by atoms with Crippen molar-refractivity contribution in [3.05, 3.63) is 65.1 Å². The van der Waals surface area contributed by atoms with E-state index in [1.807, 2.05) is 6.07 Å². The largest absolute Gasteiger partial charge is 0.349 e. The second-order valence-corrected chi connectivity index (χ2v) is 6.11. The molecule has 0 spiro atoms. The summed E-state index contributed by atoms with van der Waals surface area (Å²) in [7, 11) is -4.11. The predicted molar refractivity (Wildman–Crippen MR) is 88.3 cm³/mol. The molecule has 0 N–H and O–H groups in total. The Morgan fingerprint density at radius 1 is 1.27 bits per heavy atom. The molecule has 0 fully saturated rings. The van der Waals surface area contributed by atoms with Crippen molar-refractivity contribution in [2.45, 2.75) is 26.7 Å². The Balaban J connectivity index is 3.03. The lowest BCUT2D eigenvalue weighted by Crippen LogP contribution is -2.16. The van der Waals surface area contributed by atoms with E-state index in [0.29, 0.717) is 0 Å². The van der Waals surface area contributed by atoms with Crippen LogP contribution < -0.4 is 0 Å². The maximum Gasteiger partial charge on any atom is 0.349 e. The van der Waals surface area contributed by atoms with Gasteiger partial charge >= 0.3 is 16.1 Å². The molecule has 0 amide bonds. The van der Waals surface area contributed by atoms with E-state index >= 15 is 0 Å². The minimum absolute atomic E-state index is 0.0566. The molecule has 0 aliphatic heterocycles. The van der Waals surface area contributed by atoms with Crippen LogP contribution in [0, 0.1) is 0 Å². The third kappa shape index (κ3) is 5.00. The van der Waals surface area contributed by atoms with Crippen molar-refractivity contribution < 1.29 is 17.4 Å². The lowest BCUT2D eigenvalue weighted by molar-refractivity contribution is -0.129. The molecule has 1 aromatic rings. The summed E-state index contributed by atoms with van der Waals surface area (Å²) in [5.74, 6) is -0.866. The number of benzene rings is 1. The van der Waals surface area contributed by atoms with E-state index < -0.39 is 16.1 Å². The highest BCUT2D eigenvalue weighted by molar-refractivity contribution is 7.91. The average molecular weight is 320 g/mol. The summed E-state index contributed by atoms with van der Waals surface area (Å²) in [4.78, 5) is 12.0. The van der Waals surface area contributed by atoms with Gasteiger partial charge in [-0.25, -0.2) is 4.79 Å². The summed E-state index contributed by atoms with van der Waals surface area (Å²) < 4.78 is 29.2. The van der Waals surface area contributed by atoms with Gasteiger partial charge in [0.05, 0.1) is 4.91 Å². The third-order valence-electron chi connectivity index (χ3n) is 2.96. The van der Waals surface area contributed by atoms with E-state index in [0.717, 1.165) is 5.56 Å². The lowest BCUT2D eigenvalue weighted by atomic mass is 10.2. The molecule has 0 saturated carbocycles. The molecule has 1 aromatic carbocycles. The molecular weight excluding hydrogens is 300 g/mol. The topological polar surface area (TPSA) is 60.4 Å².